The Kier molecular flexibility index (Phi) is 3.54. The van der Waals surface area contributed by atoms with Gasteiger partial charge in [0.1, 0.15) is 11.4 Å². The van der Waals surface area contributed by atoms with Gasteiger partial charge in [0.25, 0.3) is 0 Å². The van der Waals surface area contributed by atoms with Crippen molar-refractivity contribution in [3.05, 3.63) is 23.6 Å². The molecule has 0 saturated heterocycles. The third kappa shape index (κ3) is 2.38. The summed E-state index contributed by atoms with van der Waals surface area (Å²) < 4.78 is 3.89. The van der Waals surface area contributed by atoms with Gasteiger partial charge in [0.15, 0.2) is 10.1 Å². The molecule has 8 heteroatoms. The van der Waals surface area contributed by atoms with Gasteiger partial charge in [-0.1, -0.05) is 6.92 Å². The quantitative estimate of drug-likeness (QED) is 0.777. The lowest BCUT2D eigenvalue weighted by Crippen LogP contribution is -2.13. The van der Waals surface area contributed by atoms with Crippen LogP contribution in [0.15, 0.2) is 28.1 Å². The summed E-state index contributed by atoms with van der Waals surface area (Å²) in [4.78, 5) is 9.91. The van der Waals surface area contributed by atoms with E-state index in [1.807, 2.05) is 7.05 Å². The molecule has 0 fully saturated rings. The minimum atomic E-state index is 0.800. The summed E-state index contributed by atoms with van der Waals surface area (Å²) in [5.74, 6) is 0. The summed E-state index contributed by atoms with van der Waals surface area (Å²) >= 11 is 3.19. The SMILES string of the molecule is CCNCc1c(Sc2ncnn2C)nc2sccn12. The van der Waals surface area contributed by atoms with Crippen molar-refractivity contribution < 1.29 is 0 Å². The van der Waals surface area contributed by atoms with Crippen LogP contribution in [0.25, 0.3) is 4.96 Å². The van der Waals surface area contributed by atoms with Gasteiger partial charge in [-0.15, -0.1) is 11.3 Å². The van der Waals surface area contributed by atoms with Crippen LogP contribution >= 0.6 is 23.1 Å². The second kappa shape index (κ2) is 5.32. The largest absolute Gasteiger partial charge is 0.311 e. The van der Waals surface area contributed by atoms with Gasteiger partial charge in [0, 0.05) is 25.2 Å². The lowest BCUT2D eigenvalue weighted by Gasteiger charge is -2.04. The van der Waals surface area contributed by atoms with Crippen LogP contribution in [0, 0.1) is 0 Å². The Balaban J connectivity index is 1.97. The minimum absolute atomic E-state index is 0.800. The molecule has 6 nitrogen and oxygen atoms in total. The van der Waals surface area contributed by atoms with Crippen molar-refractivity contribution in [1.29, 1.82) is 0 Å². The van der Waals surface area contributed by atoms with E-state index in [-0.39, 0.29) is 0 Å². The molecule has 3 aromatic heterocycles. The average Bonchev–Trinajstić information content (AvgIpc) is 3.06. The second-order valence-electron chi connectivity index (χ2n) is 3.97. The van der Waals surface area contributed by atoms with E-state index in [4.69, 9.17) is 0 Å². The van der Waals surface area contributed by atoms with Crippen molar-refractivity contribution in [2.75, 3.05) is 6.54 Å². The van der Waals surface area contributed by atoms with E-state index >= 15 is 0 Å². The molecule has 0 bridgehead atoms. The summed E-state index contributed by atoms with van der Waals surface area (Å²) in [6.45, 7) is 3.83. The van der Waals surface area contributed by atoms with Crippen molar-refractivity contribution in [3.63, 3.8) is 0 Å². The van der Waals surface area contributed by atoms with Gasteiger partial charge in [0.05, 0.1) is 5.69 Å². The number of nitrogens with zero attached hydrogens (tertiary/aromatic N) is 5. The summed E-state index contributed by atoms with van der Waals surface area (Å²) in [6.07, 6.45) is 3.62. The van der Waals surface area contributed by atoms with Crippen LogP contribution in [0.1, 0.15) is 12.6 Å². The first-order valence-electron chi connectivity index (χ1n) is 5.96. The molecule has 0 spiro atoms. The second-order valence-corrected chi connectivity index (χ2v) is 5.80. The summed E-state index contributed by atoms with van der Waals surface area (Å²) in [7, 11) is 1.89. The number of aromatic nitrogens is 5. The number of aryl methyl sites for hydroxylation is 1. The van der Waals surface area contributed by atoms with Crippen molar-refractivity contribution in [1.82, 2.24) is 29.5 Å². The molecule has 0 saturated carbocycles. The van der Waals surface area contributed by atoms with Crippen molar-refractivity contribution >= 4 is 28.1 Å². The van der Waals surface area contributed by atoms with E-state index in [1.165, 1.54) is 5.69 Å². The first-order valence-corrected chi connectivity index (χ1v) is 7.66. The van der Waals surface area contributed by atoms with Crippen molar-refractivity contribution in [2.45, 2.75) is 23.7 Å². The zero-order valence-electron chi connectivity index (χ0n) is 10.7. The standard InChI is InChI=1S/C11H14N6S2/c1-3-12-6-8-9(15-11-17(8)4-5-18-11)19-10-13-7-14-16(10)2/h4-5,7,12H,3,6H2,1-2H3. The Hall–Kier alpha value is -1.38. The maximum atomic E-state index is 4.66. The minimum Gasteiger partial charge on any atom is -0.311 e. The van der Waals surface area contributed by atoms with E-state index in [0.717, 1.165) is 28.2 Å². The highest BCUT2D eigenvalue weighted by Gasteiger charge is 2.15. The molecule has 3 aromatic rings. The van der Waals surface area contributed by atoms with Gasteiger partial charge in [-0.2, -0.15) is 5.10 Å². The van der Waals surface area contributed by atoms with Crippen molar-refractivity contribution in [2.24, 2.45) is 7.05 Å². The van der Waals surface area contributed by atoms with Gasteiger partial charge < -0.3 is 5.32 Å². The van der Waals surface area contributed by atoms with Crippen LogP contribution in [0.3, 0.4) is 0 Å². The molecule has 1 N–H and O–H groups in total. The van der Waals surface area contributed by atoms with E-state index in [0.29, 0.717) is 0 Å². The van der Waals surface area contributed by atoms with Gasteiger partial charge in [0.2, 0.25) is 0 Å². The Labute approximate surface area is 118 Å². The van der Waals surface area contributed by atoms with Gasteiger partial charge in [-0.3, -0.25) is 4.40 Å². The molecule has 0 aliphatic carbocycles. The number of hydrogen-bond donors (Lipinski definition) is 1. The van der Waals surface area contributed by atoms with Gasteiger partial charge in [-0.05, 0) is 18.3 Å². The van der Waals surface area contributed by atoms with Crippen LogP contribution in [0.4, 0.5) is 0 Å². The highest BCUT2D eigenvalue weighted by atomic mass is 32.2. The van der Waals surface area contributed by atoms with Gasteiger partial charge in [-0.25, -0.2) is 14.6 Å². The molecular weight excluding hydrogens is 280 g/mol. The molecule has 3 rings (SSSR count). The summed E-state index contributed by atoms with van der Waals surface area (Å²) in [5, 5.41) is 11.3. The Morgan fingerprint density at radius 1 is 1.47 bits per heavy atom. The smallest absolute Gasteiger partial charge is 0.194 e. The Morgan fingerprint density at radius 2 is 2.37 bits per heavy atom. The molecule has 100 valence electrons. The average molecular weight is 294 g/mol. The number of nitrogens with one attached hydrogen (secondary N) is 1. The van der Waals surface area contributed by atoms with Crippen LogP contribution in [-0.4, -0.2) is 30.7 Å². The Morgan fingerprint density at radius 3 is 3.11 bits per heavy atom. The molecule has 0 aliphatic heterocycles. The first kappa shape index (κ1) is 12.6. The normalized spacial score (nSPS) is 11.5. The van der Waals surface area contributed by atoms with Crippen LogP contribution in [0.2, 0.25) is 0 Å². The third-order valence-corrected chi connectivity index (χ3v) is 4.55. The third-order valence-electron chi connectivity index (χ3n) is 2.72. The molecule has 3 heterocycles. The number of hydrogen-bond acceptors (Lipinski definition) is 6. The highest BCUT2D eigenvalue weighted by Crippen LogP contribution is 2.30. The molecule has 19 heavy (non-hydrogen) atoms. The zero-order valence-corrected chi connectivity index (χ0v) is 12.3. The lowest BCUT2D eigenvalue weighted by atomic mass is 10.4. The van der Waals surface area contributed by atoms with E-state index in [1.54, 1.807) is 34.1 Å². The monoisotopic (exact) mass is 294 g/mol. The molecular formula is C11H14N6S2. The van der Waals surface area contributed by atoms with Gasteiger partial charge >= 0.3 is 0 Å². The molecule has 0 aromatic carbocycles. The van der Waals surface area contributed by atoms with Crippen LogP contribution in [-0.2, 0) is 13.6 Å². The molecule has 0 unspecified atom stereocenters. The number of thiazole rings is 1. The van der Waals surface area contributed by atoms with Crippen LogP contribution < -0.4 is 5.32 Å². The predicted octanol–water partition coefficient (Wildman–Crippen LogP) is 1.78. The fourth-order valence-electron chi connectivity index (χ4n) is 1.76. The lowest BCUT2D eigenvalue weighted by molar-refractivity contribution is 0.680. The Bertz CT molecular complexity index is 682. The number of fused-ring (bicyclic) bond motifs is 1. The van der Waals surface area contributed by atoms with E-state index < -0.39 is 0 Å². The molecule has 0 aliphatic rings. The maximum Gasteiger partial charge on any atom is 0.194 e. The van der Waals surface area contributed by atoms with E-state index in [2.05, 4.69) is 43.3 Å². The van der Waals surface area contributed by atoms with Crippen molar-refractivity contribution in [3.8, 4) is 0 Å². The topological polar surface area (TPSA) is 60.0 Å². The number of rotatable bonds is 5. The predicted molar refractivity (Wildman–Crippen MR) is 75.6 cm³/mol. The summed E-state index contributed by atoms with van der Waals surface area (Å²) in [6, 6.07) is 0. The maximum absolute atomic E-state index is 4.66. The number of imidazole rings is 1. The molecule has 0 atom stereocenters. The first-order chi connectivity index (χ1) is 9.29. The molecule has 0 amide bonds. The fraction of sp³-hybridized carbons (Fsp3) is 0.364. The zero-order chi connectivity index (χ0) is 13.2. The van der Waals surface area contributed by atoms with Crippen LogP contribution in [0.5, 0.6) is 0 Å². The summed E-state index contributed by atoms with van der Waals surface area (Å²) in [5.41, 5.74) is 1.17. The fourth-order valence-corrected chi connectivity index (χ4v) is 3.43. The highest BCUT2D eigenvalue weighted by molar-refractivity contribution is 7.99. The molecule has 0 radical (unpaired) electrons. The van der Waals surface area contributed by atoms with E-state index in [9.17, 15) is 0 Å².